The molecule has 0 amide bonds. The summed E-state index contributed by atoms with van der Waals surface area (Å²) in [6, 6.07) is 6.10. The smallest absolute Gasteiger partial charge is 0.178 e. The van der Waals surface area contributed by atoms with Gasteiger partial charge in [0, 0.05) is 25.7 Å². The van der Waals surface area contributed by atoms with Crippen LogP contribution in [-0.2, 0) is 16.3 Å². The van der Waals surface area contributed by atoms with Crippen molar-refractivity contribution in [3.63, 3.8) is 0 Å². The maximum absolute atomic E-state index is 11.9. The van der Waals surface area contributed by atoms with Crippen LogP contribution in [0.25, 0.3) is 0 Å². The fraction of sp³-hybridized carbons (Fsp3) is 0.538. The first-order valence-electron chi connectivity index (χ1n) is 6.46. The van der Waals surface area contributed by atoms with Crippen molar-refractivity contribution < 1.29 is 8.42 Å². The lowest BCUT2D eigenvalue weighted by molar-refractivity contribution is 0.429. The highest BCUT2D eigenvalue weighted by atomic mass is 32.2. The van der Waals surface area contributed by atoms with E-state index in [9.17, 15) is 8.42 Å². The Labute approximate surface area is 108 Å². The van der Waals surface area contributed by atoms with E-state index in [1.807, 2.05) is 6.07 Å². The topological polar surface area (TPSA) is 58.2 Å². The number of piperazine rings is 1. The highest BCUT2D eigenvalue weighted by Crippen LogP contribution is 2.27. The van der Waals surface area contributed by atoms with Gasteiger partial charge in [0.25, 0.3) is 0 Å². The normalized spacial score (nSPS) is 26.6. The second-order valence-corrected chi connectivity index (χ2v) is 7.08. The zero-order chi connectivity index (χ0) is 12.6. The van der Waals surface area contributed by atoms with Gasteiger partial charge in [-0.05, 0) is 30.0 Å². The molecule has 0 bridgehead atoms. The largest absolute Gasteiger partial charge is 0.314 e. The average molecular weight is 266 g/mol. The predicted molar refractivity (Wildman–Crippen MR) is 70.4 cm³/mol. The number of benzene rings is 1. The molecule has 5 heteroatoms. The number of fused-ring (bicyclic) bond motifs is 1. The first-order valence-corrected chi connectivity index (χ1v) is 8.12. The Bertz CT molecular complexity index is 548. The van der Waals surface area contributed by atoms with Crippen molar-refractivity contribution in [1.29, 1.82) is 0 Å². The van der Waals surface area contributed by atoms with Crippen LogP contribution in [-0.4, -0.2) is 33.8 Å². The van der Waals surface area contributed by atoms with Gasteiger partial charge in [-0.15, -0.1) is 0 Å². The summed E-state index contributed by atoms with van der Waals surface area (Å²) in [7, 11) is -3.03. The van der Waals surface area contributed by atoms with Gasteiger partial charge in [0.05, 0.1) is 10.6 Å². The van der Waals surface area contributed by atoms with Crippen LogP contribution >= 0.6 is 0 Å². The Balaban J connectivity index is 1.95. The van der Waals surface area contributed by atoms with Crippen molar-refractivity contribution >= 4 is 9.84 Å². The molecule has 0 saturated carbocycles. The van der Waals surface area contributed by atoms with Crippen molar-refractivity contribution in [2.24, 2.45) is 0 Å². The van der Waals surface area contributed by atoms with Crippen molar-refractivity contribution in [1.82, 2.24) is 10.6 Å². The Morgan fingerprint density at radius 2 is 2.11 bits per heavy atom. The van der Waals surface area contributed by atoms with Crippen LogP contribution < -0.4 is 10.6 Å². The summed E-state index contributed by atoms with van der Waals surface area (Å²) in [6.45, 7) is 2.86. The van der Waals surface area contributed by atoms with Crippen molar-refractivity contribution in [3.8, 4) is 0 Å². The summed E-state index contributed by atoms with van der Waals surface area (Å²) in [6.07, 6.45) is 1.62. The molecule has 2 N–H and O–H groups in total. The molecular weight excluding hydrogens is 248 g/mol. The standard InChI is InChI=1S/C13H18N2O2S/c16-18(17)7-1-2-11-8-10(3-4-13(11)18)12-9-14-5-6-15-12/h3-4,8,12,14-15H,1-2,5-7,9H2. The Kier molecular flexibility index (Phi) is 3.13. The van der Waals surface area contributed by atoms with Crippen molar-refractivity contribution in [2.75, 3.05) is 25.4 Å². The fourth-order valence-corrected chi connectivity index (χ4v) is 4.35. The third-order valence-electron chi connectivity index (χ3n) is 3.72. The molecule has 1 unspecified atom stereocenters. The summed E-state index contributed by atoms with van der Waals surface area (Å²) < 4.78 is 23.9. The number of hydrogen-bond acceptors (Lipinski definition) is 4. The highest BCUT2D eigenvalue weighted by Gasteiger charge is 2.24. The second kappa shape index (κ2) is 4.64. The van der Waals surface area contributed by atoms with Crippen molar-refractivity contribution in [2.45, 2.75) is 23.8 Å². The molecule has 0 aromatic heterocycles. The molecule has 98 valence electrons. The molecule has 1 saturated heterocycles. The molecule has 3 rings (SSSR count). The van der Waals surface area contributed by atoms with Gasteiger partial charge in [0.15, 0.2) is 9.84 Å². The van der Waals surface area contributed by atoms with Crippen LogP contribution in [0.3, 0.4) is 0 Å². The average Bonchev–Trinajstić information content (AvgIpc) is 2.39. The lowest BCUT2D eigenvalue weighted by Crippen LogP contribution is -2.42. The number of hydrogen-bond donors (Lipinski definition) is 2. The van der Waals surface area contributed by atoms with Crippen LogP contribution in [0.4, 0.5) is 0 Å². The van der Waals surface area contributed by atoms with Gasteiger partial charge in [-0.1, -0.05) is 12.1 Å². The maximum atomic E-state index is 11.9. The first-order chi connectivity index (χ1) is 8.67. The third kappa shape index (κ3) is 2.18. The zero-order valence-electron chi connectivity index (χ0n) is 10.3. The van der Waals surface area contributed by atoms with Crippen LogP contribution in [0.2, 0.25) is 0 Å². The van der Waals surface area contributed by atoms with Crippen LogP contribution in [0.5, 0.6) is 0 Å². The third-order valence-corrected chi connectivity index (χ3v) is 5.62. The molecule has 0 aliphatic carbocycles. The quantitative estimate of drug-likeness (QED) is 0.783. The van der Waals surface area contributed by atoms with E-state index in [1.165, 1.54) is 5.56 Å². The summed E-state index contributed by atoms with van der Waals surface area (Å²) in [5.74, 6) is 0.294. The van der Waals surface area contributed by atoms with Crippen molar-refractivity contribution in [3.05, 3.63) is 29.3 Å². The summed E-state index contributed by atoms with van der Waals surface area (Å²) in [5.41, 5.74) is 2.18. The number of sulfone groups is 1. The maximum Gasteiger partial charge on any atom is 0.178 e. The van der Waals surface area contributed by atoms with E-state index in [1.54, 1.807) is 6.07 Å². The summed E-state index contributed by atoms with van der Waals surface area (Å²) in [4.78, 5) is 0.543. The van der Waals surface area contributed by atoms with Gasteiger partial charge in [-0.25, -0.2) is 8.42 Å². The van der Waals surface area contributed by atoms with E-state index in [2.05, 4.69) is 16.7 Å². The van der Waals surface area contributed by atoms with Crippen LogP contribution in [0.15, 0.2) is 23.1 Å². The zero-order valence-corrected chi connectivity index (χ0v) is 11.1. The molecule has 2 aliphatic rings. The van der Waals surface area contributed by atoms with E-state index in [-0.39, 0.29) is 0 Å². The van der Waals surface area contributed by atoms with E-state index >= 15 is 0 Å². The molecule has 1 fully saturated rings. The molecule has 0 spiro atoms. The minimum absolute atomic E-state index is 0.294. The monoisotopic (exact) mass is 266 g/mol. The molecule has 2 heterocycles. The Morgan fingerprint density at radius 1 is 1.22 bits per heavy atom. The molecule has 0 radical (unpaired) electrons. The number of rotatable bonds is 1. The second-order valence-electron chi connectivity index (χ2n) is 5.00. The van der Waals surface area contributed by atoms with E-state index in [0.717, 1.165) is 38.0 Å². The van der Waals surface area contributed by atoms with E-state index < -0.39 is 9.84 Å². The van der Waals surface area contributed by atoms with Gasteiger partial charge in [-0.3, -0.25) is 0 Å². The van der Waals surface area contributed by atoms with E-state index in [0.29, 0.717) is 16.7 Å². The molecular formula is C13H18N2O2S. The Morgan fingerprint density at radius 3 is 2.89 bits per heavy atom. The minimum Gasteiger partial charge on any atom is -0.314 e. The molecule has 2 aliphatic heterocycles. The minimum atomic E-state index is -3.03. The lowest BCUT2D eigenvalue weighted by Gasteiger charge is -2.26. The Hall–Kier alpha value is -0.910. The van der Waals surface area contributed by atoms with Gasteiger partial charge in [0.2, 0.25) is 0 Å². The van der Waals surface area contributed by atoms with Crippen LogP contribution in [0.1, 0.15) is 23.6 Å². The SMILES string of the molecule is O=S1(=O)CCCc2cc(C3CNCCN3)ccc21. The predicted octanol–water partition coefficient (Wildman–Crippen LogP) is 0.640. The van der Waals surface area contributed by atoms with E-state index in [4.69, 9.17) is 0 Å². The summed E-state index contributed by atoms with van der Waals surface area (Å²) >= 11 is 0. The van der Waals surface area contributed by atoms with Gasteiger partial charge >= 0.3 is 0 Å². The highest BCUT2D eigenvalue weighted by molar-refractivity contribution is 7.91. The van der Waals surface area contributed by atoms with Gasteiger partial charge in [-0.2, -0.15) is 0 Å². The molecule has 18 heavy (non-hydrogen) atoms. The molecule has 1 aromatic rings. The first kappa shape index (κ1) is 12.1. The molecule has 1 aromatic carbocycles. The molecule has 4 nitrogen and oxygen atoms in total. The lowest BCUT2D eigenvalue weighted by atomic mass is 10.0. The number of aryl methyl sites for hydroxylation is 1. The number of nitrogens with one attached hydrogen (secondary N) is 2. The fourth-order valence-electron chi connectivity index (χ4n) is 2.77. The molecule has 1 atom stereocenters. The van der Waals surface area contributed by atoms with Crippen LogP contribution in [0, 0.1) is 0 Å². The van der Waals surface area contributed by atoms with Gasteiger partial charge < -0.3 is 10.6 Å². The van der Waals surface area contributed by atoms with Gasteiger partial charge in [0.1, 0.15) is 0 Å². The summed E-state index contributed by atoms with van der Waals surface area (Å²) in [5, 5.41) is 6.80.